The van der Waals surface area contributed by atoms with Gasteiger partial charge in [0.15, 0.2) is 0 Å². The molecular formula is C17H23N3O. The number of hydrogen-bond donors (Lipinski definition) is 1. The van der Waals surface area contributed by atoms with E-state index in [1.807, 2.05) is 12.3 Å². The highest BCUT2D eigenvalue weighted by atomic mass is 16.5. The smallest absolute Gasteiger partial charge is 0.0750 e. The Bertz CT molecular complexity index is 615. The van der Waals surface area contributed by atoms with Gasteiger partial charge >= 0.3 is 0 Å². The maximum Gasteiger partial charge on any atom is 0.0750 e. The molecule has 0 radical (unpaired) electrons. The zero-order valence-corrected chi connectivity index (χ0v) is 12.7. The zero-order valence-electron chi connectivity index (χ0n) is 12.7. The predicted octanol–water partition coefficient (Wildman–Crippen LogP) is 2.35. The van der Waals surface area contributed by atoms with Crippen molar-refractivity contribution in [2.75, 3.05) is 26.3 Å². The number of ether oxygens (including phenoxy) is 1. The van der Waals surface area contributed by atoms with Gasteiger partial charge in [0.05, 0.1) is 18.7 Å². The molecule has 2 N–H and O–H groups in total. The number of nitrogens with zero attached hydrogens (tertiary/aromatic N) is 2. The summed E-state index contributed by atoms with van der Waals surface area (Å²) >= 11 is 0. The first-order chi connectivity index (χ1) is 10.1. The number of aromatic nitrogens is 1. The first-order valence-corrected chi connectivity index (χ1v) is 7.53. The summed E-state index contributed by atoms with van der Waals surface area (Å²) in [5.74, 6) is 0. The van der Waals surface area contributed by atoms with Crippen LogP contribution in [0.4, 0.5) is 0 Å². The van der Waals surface area contributed by atoms with Crippen molar-refractivity contribution >= 4 is 10.9 Å². The van der Waals surface area contributed by atoms with Gasteiger partial charge < -0.3 is 10.5 Å². The van der Waals surface area contributed by atoms with E-state index in [2.05, 4.69) is 48.0 Å². The first-order valence-electron chi connectivity index (χ1n) is 7.53. The molecule has 1 aliphatic rings. The number of benzene rings is 1. The average molecular weight is 285 g/mol. The van der Waals surface area contributed by atoms with Gasteiger partial charge in [-0.25, -0.2) is 0 Å². The fraction of sp³-hybridized carbons (Fsp3) is 0.471. The Morgan fingerprint density at radius 1 is 1.19 bits per heavy atom. The minimum atomic E-state index is -0.129. The molecule has 0 amide bonds. The molecule has 112 valence electrons. The van der Waals surface area contributed by atoms with Crippen LogP contribution in [0.2, 0.25) is 0 Å². The van der Waals surface area contributed by atoms with E-state index >= 15 is 0 Å². The van der Waals surface area contributed by atoms with E-state index in [4.69, 9.17) is 10.5 Å². The van der Waals surface area contributed by atoms with Gasteiger partial charge in [-0.15, -0.1) is 0 Å². The number of rotatable bonds is 3. The standard InChI is InChI=1S/C17H23N3O/c1-17(2,20-9-11-21-12-10-20)16(18)14-7-3-5-13-6-4-8-19-15(13)14/h3-8,16H,9-12,18H2,1-2H3. The molecule has 0 spiro atoms. The average Bonchev–Trinajstić information content (AvgIpc) is 2.54. The van der Waals surface area contributed by atoms with Crippen LogP contribution in [-0.2, 0) is 4.74 Å². The Labute approximate surface area is 125 Å². The molecule has 21 heavy (non-hydrogen) atoms. The van der Waals surface area contributed by atoms with Crippen molar-refractivity contribution in [1.82, 2.24) is 9.88 Å². The summed E-state index contributed by atoms with van der Waals surface area (Å²) in [6.07, 6.45) is 1.83. The molecule has 0 aliphatic carbocycles. The summed E-state index contributed by atoms with van der Waals surface area (Å²) in [4.78, 5) is 6.96. The van der Waals surface area contributed by atoms with Gasteiger partial charge in [-0.3, -0.25) is 9.88 Å². The SMILES string of the molecule is CC(C)(C(N)c1cccc2cccnc12)N1CCOCC1. The van der Waals surface area contributed by atoms with Gasteiger partial charge in [0, 0.05) is 36.3 Å². The lowest BCUT2D eigenvalue weighted by Crippen LogP contribution is -2.55. The van der Waals surface area contributed by atoms with Crippen LogP contribution in [0.3, 0.4) is 0 Å². The number of nitrogens with two attached hydrogens (primary N) is 1. The number of para-hydroxylation sites is 1. The topological polar surface area (TPSA) is 51.4 Å². The van der Waals surface area contributed by atoms with Crippen LogP contribution in [0.15, 0.2) is 36.5 Å². The second-order valence-corrected chi connectivity index (χ2v) is 6.15. The maximum atomic E-state index is 6.65. The third-order valence-corrected chi connectivity index (χ3v) is 4.59. The molecule has 1 aliphatic heterocycles. The van der Waals surface area contributed by atoms with E-state index in [1.54, 1.807) is 0 Å². The third-order valence-electron chi connectivity index (χ3n) is 4.59. The molecule has 1 saturated heterocycles. The quantitative estimate of drug-likeness (QED) is 0.940. The van der Waals surface area contributed by atoms with Crippen molar-refractivity contribution in [2.24, 2.45) is 5.73 Å². The van der Waals surface area contributed by atoms with Crippen molar-refractivity contribution < 1.29 is 4.74 Å². The molecule has 0 saturated carbocycles. The molecule has 1 aromatic heterocycles. The van der Waals surface area contributed by atoms with Crippen molar-refractivity contribution in [3.05, 3.63) is 42.1 Å². The molecular weight excluding hydrogens is 262 g/mol. The zero-order chi connectivity index (χ0) is 14.9. The highest BCUT2D eigenvalue weighted by molar-refractivity contribution is 5.82. The Morgan fingerprint density at radius 2 is 1.90 bits per heavy atom. The van der Waals surface area contributed by atoms with Gasteiger partial charge in [0.2, 0.25) is 0 Å². The van der Waals surface area contributed by atoms with Crippen molar-refractivity contribution in [3.8, 4) is 0 Å². The minimum absolute atomic E-state index is 0.0887. The molecule has 1 atom stereocenters. The molecule has 1 fully saturated rings. The van der Waals surface area contributed by atoms with Gasteiger partial charge in [0.1, 0.15) is 0 Å². The third kappa shape index (κ3) is 2.67. The highest BCUT2D eigenvalue weighted by Gasteiger charge is 2.35. The first kappa shape index (κ1) is 14.4. The van der Waals surface area contributed by atoms with Crippen molar-refractivity contribution in [2.45, 2.75) is 25.4 Å². The van der Waals surface area contributed by atoms with E-state index in [-0.39, 0.29) is 11.6 Å². The highest BCUT2D eigenvalue weighted by Crippen LogP contribution is 2.32. The fourth-order valence-electron chi connectivity index (χ4n) is 3.10. The molecule has 2 heterocycles. The van der Waals surface area contributed by atoms with Gasteiger partial charge in [0.25, 0.3) is 0 Å². The van der Waals surface area contributed by atoms with E-state index in [9.17, 15) is 0 Å². The minimum Gasteiger partial charge on any atom is -0.379 e. The lowest BCUT2D eigenvalue weighted by Gasteiger charge is -2.44. The number of hydrogen-bond acceptors (Lipinski definition) is 4. The largest absolute Gasteiger partial charge is 0.379 e. The molecule has 4 heteroatoms. The normalized spacial score (nSPS) is 18.8. The summed E-state index contributed by atoms with van der Waals surface area (Å²) in [7, 11) is 0. The Hall–Kier alpha value is -1.49. The van der Waals surface area contributed by atoms with Crippen LogP contribution in [0.1, 0.15) is 25.5 Å². The fourth-order valence-corrected chi connectivity index (χ4v) is 3.10. The Morgan fingerprint density at radius 3 is 2.67 bits per heavy atom. The lowest BCUT2D eigenvalue weighted by atomic mass is 9.86. The van der Waals surface area contributed by atoms with Crippen LogP contribution in [0, 0.1) is 0 Å². The second-order valence-electron chi connectivity index (χ2n) is 6.15. The van der Waals surface area contributed by atoms with Crippen LogP contribution in [-0.4, -0.2) is 41.7 Å². The summed E-state index contributed by atoms with van der Waals surface area (Å²) in [6, 6.07) is 10.2. The van der Waals surface area contributed by atoms with Gasteiger partial charge in [-0.05, 0) is 25.5 Å². The summed E-state index contributed by atoms with van der Waals surface area (Å²) in [5.41, 5.74) is 8.64. The molecule has 3 rings (SSSR count). The Kier molecular flexibility index (Phi) is 3.93. The lowest BCUT2D eigenvalue weighted by molar-refractivity contribution is -0.0189. The number of fused-ring (bicyclic) bond motifs is 1. The number of morpholine rings is 1. The van der Waals surface area contributed by atoms with Crippen LogP contribution >= 0.6 is 0 Å². The second kappa shape index (κ2) is 5.72. The summed E-state index contributed by atoms with van der Waals surface area (Å²) in [5, 5.41) is 1.14. The molecule has 2 aromatic rings. The molecule has 1 unspecified atom stereocenters. The monoisotopic (exact) mass is 285 g/mol. The van der Waals surface area contributed by atoms with Crippen molar-refractivity contribution in [3.63, 3.8) is 0 Å². The van der Waals surface area contributed by atoms with Crippen LogP contribution in [0.25, 0.3) is 10.9 Å². The Balaban J connectivity index is 1.97. The summed E-state index contributed by atoms with van der Waals surface area (Å²) in [6.45, 7) is 7.85. The summed E-state index contributed by atoms with van der Waals surface area (Å²) < 4.78 is 5.46. The molecule has 0 bridgehead atoms. The van der Waals surface area contributed by atoms with Crippen LogP contribution in [0.5, 0.6) is 0 Å². The molecule has 4 nitrogen and oxygen atoms in total. The predicted molar refractivity (Wildman–Crippen MR) is 85.1 cm³/mol. The van der Waals surface area contributed by atoms with Gasteiger partial charge in [-0.1, -0.05) is 24.3 Å². The maximum absolute atomic E-state index is 6.65. The van der Waals surface area contributed by atoms with E-state index in [0.29, 0.717) is 0 Å². The van der Waals surface area contributed by atoms with Crippen LogP contribution < -0.4 is 5.73 Å². The van der Waals surface area contributed by atoms with Crippen molar-refractivity contribution in [1.29, 1.82) is 0 Å². The van der Waals surface area contributed by atoms with E-state index < -0.39 is 0 Å². The number of pyridine rings is 1. The van der Waals surface area contributed by atoms with E-state index in [1.165, 1.54) is 0 Å². The van der Waals surface area contributed by atoms with Gasteiger partial charge in [-0.2, -0.15) is 0 Å². The van der Waals surface area contributed by atoms with E-state index in [0.717, 1.165) is 42.8 Å². The molecule has 1 aromatic carbocycles.